The van der Waals surface area contributed by atoms with Crippen LogP contribution in [-0.2, 0) is 14.6 Å². The molecule has 0 bridgehead atoms. The largest absolute Gasteiger partial charge is 0.480 e. The summed E-state index contributed by atoms with van der Waals surface area (Å²) in [7, 11) is -3.56. The standard InChI is InChI=1S/C9H10ClNO4S/c1-16(14,15)6-4-2-3-5(10)7(6)8(11)9(12)13/h2-4,8H,11H2,1H3,(H,12,13). The Hall–Kier alpha value is -1.11. The van der Waals surface area contributed by atoms with Crippen LogP contribution in [0.3, 0.4) is 0 Å². The molecular weight excluding hydrogens is 254 g/mol. The van der Waals surface area contributed by atoms with Crippen LogP contribution in [0.15, 0.2) is 23.1 Å². The number of hydrogen-bond donors (Lipinski definition) is 2. The van der Waals surface area contributed by atoms with Gasteiger partial charge < -0.3 is 10.8 Å². The number of sulfone groups is 1. The molecule has 0 spiro atoms. The maximum Gasteiger partial charge on any atom is 0.325 e. The van der Waals surface area contributed by atoms with E-state index in [0.717, 1.165) is 6.26 Å². The molecule has 16 heavy (non-hydrogen) atoms. The summed E-state index contributed by atoms with van der Waals surface area (Å²) < 4.78 is 22.9. The highest BCUT2D eigenvalue weighted by Gasteiger charge is 2.25. The molecule has 3 N–H and O–H groups in total. The van der Waals surface area contributed by atoms with E-state index in [-0.39, 0.29) is 15.5 Å². The average Bonchev–Trinajstić information content (AvgIpc) is 2.14. The van der Waals surface area contributed by atoms with Crippen molar-refractivity contribution < 1.29 is 18.3 Å². The Bertz CT molecular complexity index is 526. The smallest absolute Gasteiger partial charge is 0.325 e. The summed E-state index contributed by atoms with van der Waals surface area (Å²) in [6.07, 6.45) is 0.969. The second-order valence-corrected chi connectivity index (χ2v) is 5.63. The topological polar surface area (TPSA) is 97.5 Å². The molecule has 1 unspecified atom stereocenters. The van der Waals surface area contributed by atoms with Gasteiger partial charge in [-0.2, -0.15) is 0 Å². The Labute approximate surface area is 97.8 Å². The van der Waals surface area contributed by atoms with Crippen molar-refractivity contribution in [3.8, 4) is 0 Å². The SMILES string of the molecule is CS(=O)(=O)c1cccc(Cl)c1C(N)C(=O)O. The van der Waals surface area contributed by atoms with Crippen LogP contribution in [0.1, 0.15) is 11.6 Å². The maximum absolute atomic E-state index is 11.4. The summed E-state index contributed by atoms with van der Waals surface area (Å²) in [6.45, 7) is 0. The van der Waals surface area contributed by atoms with Crippen LogP contribution < -0.4 is 5.73 Å². The minimum absolute atomic E-state index is 0.0258. The molecule has 0 aliphatic heterocycles. The highest BCUT2D eigenvalue weighted by molar-refractivity contribution is 7.90. The van der Waals surface area contributed by atoms with Crippen molar-refractivity contribution in [3.63, 3.8) is 0 Å². The second kappa shape index (κ2) is 4.40. The molecule has 0 amide bonds. The monoisotopic (exact) mass is 263 g/mol. The van der Waals surface area contributed by atoms with E-state index in [0.29, 0.717) is 0 Å². The number of aliphatic carboxylic acids is 1. The quantitative estimate of drug-likeness (QED) is 0.842. The first kappa shape index (κ1) is 13.0. The highest BCUT2D eigenvalue weighted by Crippen LogP contribution is 2.28. The van der Waals surface area contributed by atoms with Crippen molar-refractivity contribution in [2.75, 3.05) is 6.26 Å². The third-order valence-electron chi connectivity index (χ3n) is 1.99. The molecule has 0 radical (unpaired) electrons. The summed E-state index contributed by atoms with van der Waals surface area (Å²) >= 11 is 5.77. The fraction of sp³-hybridized carbons (Fsp3) is 0.222. The molecule has 5 nitrogen and oxygen atoms in total. The lowest BCUT2D eigenvalue weighted by Gasteiger charge is -2.13. The Morgan fingerprint density at radius 1 is 1.50 bits per heavy atom. The van der Waals surface area contributed by atoms with Crippen molar-refractivity contribution in [1.29, 1.82) is 0 Å². The van der Waals surface area contributed by atoms with Crippen LogP contribution in [0.5, 0.6) is 0 Å². The Morgan fingerprint density at radius 3 is 2.50 bits per heavy atom. The van der Waals surface area contributed by atoms with E-state index in [1.165, 1.54) is 18.2 Å². The first-order chi connectivity index (χ1) is 7.25. The zero-order valence-electron chi connectivity index (χ0n) is 8.34. The number of benzene rings is 1. The molecular formula is C9H10ClNO4S. The molecule has 1 aromatic carbocycles. The van der Waals surface area contributed by atoms with Crippen LogP contribution in [0.2, 0.25) is 5.02 Å². The molecule has 0 aliphatic rings. The predicted octanol–water partition coefficient (Wildman–Crippen LogP) is 0.828. The molecule has 0 aliphatic carbocycles. The Kier molecular flexibility index (Phi) is 3.57. The van der Waals surface area contributed by atoms with Gasteiger partial charge in [0.2, 0.25) is 0 Å². The van der Waals surface area contributed by atoms with E-state index in [9.17, 15) is 13.2 Å². The molecule has 0 aromatic heterocycles. The van der Waals surface area contributed by atoms with E-state index >= 15 is 0 Å². The molecule has 1 atom stereocenters. The van der Waals surface area contributed by atoms with Gasteiger partial charge in [-0.1, -0.05) is 17.7 Å². The van der Waals surface area contributed by atoms with Crippen LogP contribution in [0.4, 0.5) is 0 Å². The lowest BCUT2D eigenvalue weighted by atomic mass is 10.1. The van der Waals surface area contributed by atoms with Crippen molar-refractivity contribution >= 4 is 27.4 Å². The van der Waals surface area contributed by atoms with Gasteiger partial charge in [-0.25, -0.2) is 8.42 Å². The zero-order valence-corrected chi connectivity index (χ0v) is 9.92. The first-order valence-electron chi connectivity index (χ1n) is 4.22. The van der Waals surface area contributed by atoms with Crippen molar-refractivity contribution in [2.24, 2.45) is 5.73 Å². The van der Waals surface area contributed by atoms with E-state index in [2.05, 4.69) is 0 Å². The minimum Gasteiger partial charge on any atom is -0.480 e. The van der Waals surface area contributed by atoms with Gasteiger partial charge in [0.25, 0.3) is 0 Å². The van der Waals surface area contributed by atoms with Crippen molar-refractivity contribution in [1.82, 2.24) is 0 Å². The molecule has 7 heteroatoms. The van der Waals surface area contributed by atoms with E-state index in [1.54, 1.807) is 0 Å². The molecule has 1 aromatic rings. The number of nitrogens with two attached hydrogens (primary N) is 1. The number of rotatable bonds is 3. The lowest BCUT2D eigenvalue weighted by molar-refractivity contribution is -0.138. The number of halogens is 1. The van der Waals surface area contributed by atoms with Crippen LogP contribution in [0, 0.1) is 0 Å². The molecule has 0 saturated heterocycles. The molecule has 0 fully saturated rings. The van der Waals surface area contributed by atoms with E-state index in [1.807, 2.05) is 0 Å². The van der Waals surface area contributed by atoms with E-state index in [4.69, 9.17) is 22.4 Å². The van der Waals surface area contributed by atoms with Gasteiger partial charge in [0.15, 0.2) is 9.84 Å². The number of carboxylic acids is 1. The number of carboxylic acid groups (broad SMARTS) is 1. The van der Waals surface area contributed by atoms with Crippen LogP contribution >= 0.6 is 11.6 Å². The summed E-state index contributed by atoms with van der Waals surface area (Å²) in [5, 5.41) is 8.80. The summed E-state index contributed by atoms with van der Waals surface area (Å²) in [5.74, 6) is -1.34. The summed E-state index contributed by atoms with van der Waals surface area (Å²) in [4.78, 5) is 10.6. The van der Waals surface area contributed by atoms with Gasteiger partial charge in [0.05, 0.1) is 4.90 Å². The van der Waals surface area contributed by atoms with Gasteiger partial charge >= 0.3 is 5.97 Å². The predicted molar refractivity (Wildman–Crippen MR) is 59.1 cm³/mol. The first-order valence-corrected chi connectivity index (χ1v) is 6.49. The highest BCUT2D eigenvalue weighted by atomic mass is 35.5. The summed E-state index contributed by atoms with van der Waals surface area (Å²) in [5.41, 5.74) is 5.30. The molecule has 1 rings (SSSR count). The number of carbonyl (C=O) groups is 1. The van der Waals surface area contributed by atoms with Gasteiger partial charge in [-0.05, 0) is 12.1 Å². The maximum atomic E-state index is 11.4. The van der Waals surface area contributed by atoms with Gasteiger partial charge in [0, 0.05) is 16.8 Å². The third kappa shape index (κ3) is 2.52. The summed E-state index contributed by atoms with van der Waals surface area (Å²) in [6, 6.07) is 2.64. The van der Waals surface area contributed by atoms with Crippen LogP contribution in [-0.4, -0.2) is 25.7 Å². The van der Waals surface area contributed by atoms with Crippen molar-refractivity contribution in [2.45, 2.75) is 10.9 Å². The van der Waals surface area contributed by atoms with Gasteiger partial charge in [0.1, 0.15) is 6.04 Å². The minimum atomic E-state index is -3.56. The number of hydrogen-bond acceptors (Lipinski definition) is 4. The molecule has 88 valence electrons. The molecule has 0 saturated carbocycles. The van der Waals surface area contributed by atoms with Gasteiger partial charge in [-0.3, -0.25) is 4.79 Å². The normalized spacial score (nSPS) is 13.4. The third-order valence-corrected chi connectivity index (χ3v) is 3.47. The van der Waals surface area contributed by atoms with E-state index < -0.39 is 21.8 Å². The molecule has 0 heterocycles. The fourth-order valence-electron chi connectivity index (χ4n) is 1.27. The van der Waals surface area contributed by atoms with Crippen LogP contribution in [0.25, 0.3) is 0 Å². The Morgan fingerprint density at radius 2 is 2.06 bits per heavy atom. The Balaban J connectivity index is 3.53. The zero-order chi connectivity index (χ0) is 12.5. The lowest BCUT2D eigenvalue weighted by Crippen LogP contribution is -2.23. The average molecular weight is 264 g/mol. The van der Waals surface area contributed by atoms with Crippen molar-refractivity contribution in [3.05, 3.63) is 28.8 Å². The second-order valence-electron chi connectivity index (χ2n) is 3.24. The van der Waals surface area contributed by atoms with Gasteiger partial charge in [-0.15, -0.1) is 0 Å². The fourth-order valence-corrected chi connectivity index (χ4v) is 2.58.